The summed E-state index contributed by atoms with van der Waals surface area (Å²) in [6, 6.07) is 0. The number of hydrogen-bond acceptors (Lipinski definition) is 4. The van der Waals surface area contributed by atoms with E-state index in [0.29, 0.717) is 0 Å². The molecule has 0 aliphatic rings. The highest BCUT2D eigenvalue weighted by atomic mass is 32.1. The number of thiazole rings is 1. The third kappa shape index (κ3) is 4.59. The van der Waals surface area contributed by atoms with Gasteiger partial charge < -0.3 is 10.4 Å². The Morgan fingerprint density at radius 1 is 1.50 bits per heavy atom. The van der Waals surface area contributed by atoms with Gasteiger partial charge in [0.15, 0.2) is 0 Å². The Hall–Kier alpha value is -1.43. The van der Waals surface area contributed by atoms with Crippen molar-refractivity contribution in [2.24, 2.45) is 5.92 Å². The van der Waals surface area contributed by atoms with Gasteiger partial charge in [0.25, 0.3) is 0 Å². The lowest BCUT2D eigenvalue weighted by atomic mass is 9.85. The highest BCUT2D eigenvalue weighted by Crippen LogP contribution is 2.21. The SMILES string of the molecule is CCc1nc(CC(=O)NC(C)(CC(=O)O)C(C)C)cs1. The fraction of sp³-hybridized carbons (Fsp3) is 0.643. The van der Waals surface area contributed by atoms with Crippen molar-refractivity contribution in [1.29, 1.82) is 0 Å². The van der Waals surface area contributed by atoms with Crippen LogP contribution in [0.3, 0.4) is 0 Å². The van der Waals surface area contributed by atoms with E-state index >= 15 is 0 Å². The second-order valence-electron chi connectivity index (χ2n) is 5.45. The Morgan fingerprint density at radius 2 is 2.15 bits per heavy atom. The summed E-state index contributed by atoms with van der Waals surface area (Å²) in [7, 11) is 0. The molecule has 1 unspecified atom stereocenters. The lowest BCUT2D eigenvalue weighted by Crippen LogP contribution is -2.51. The van der Waals surface area contributed by atoms with E-state index in [1.165, 1.54) is 0 Å². The van der Waals surface area contributed by atoms with Gasteiger partial charge in [0, 0.05) is 10.9 Å². The van der Waals surface area contributed by atoms with E-state index in [-0.39, 0.29) is 24.7 Å². The molecule has 0 bridgehead atoms. The summed E-state index contributed by atoms with van der Waals surface area (Å²) in [5, 5.41) is 14.7. The van der Waals surface area contributed by atoms with Crippen LogP contribution >= 0.6 is 11.3 Å². The fourth-order valence-electron chi connectivity index (χ4n) is 1.83. The van der Waals surface area contributed by atoms with E-state index in [4.69, 9.17) is 5.11 Å². The molecule has 1 amide bonds. The zero-order chi connectivity index (χ0) is 15.3. The molecule has 1 aromatic rings. The standard InChI is InChI=1S/C14H22N2O3S/c1-5-12-15-10(8-20-12)6-11(17)16-14(4,9(2)3)7-13(18)19/h8-9H,5-7H2,1-4H3,(H,16,17)(H,18,19). The predicted octanol–water partition coefficient (Wildman–Crippen LogP) is 2.25. The minimum absolute atomic E-state index is 0.0317. The molecular formula is C14H22N2O3S. The van der Waals surface area contributed by atoms with E-state index in [1.54, 1.807) is 18.3 Å². The maximum Gasteiger partial charge on any atom is 0.305 e. The molecule has 0 aliphatic carbocycles. The third-order valence-electron chi connectivity index (χ3n) is 3.46. The second kappa shape index (κ2) is 6.83. The number of carbonyl (C=O) groups excluding carboxylic acids is 1. The summed E-state index contributed by atoms with van der Waals surface area (Å²) in [6.45, 7) is 7.59. The fourth-order valence-corrected chi connectivity index (χ4v) is 2.57. The summed E-state index contributed by atoms with van der Waals surface area (Å²) in [4.78, 5) is 27.4. The van der Waals surface area contributed by atoms with E-state index in [2.05, 4.69) is 10.3 Å². The van der Waals surface area contributed by atoms with Crippen molar-refractivity contribution in [2.75, 3.05) is 0 Å². The monoisotopic (exact) mass is 298 g/mol. The number of nitrogens with one attached hydrogen (secondary N) is 1. The summed E-state index contributed by atoms with van der Waals surface area (Å²) in [5.41, 5.74) is -0.00206. The molecule has 0 saturated heterocycles. The van der Waals surface area contributed by atoms with Crippen LogP contribution < -0.4 is 5.32 Å². The smallest absolute Gasteiger partial charge is 0.305 e. The Labute approximate surface area is 123 Å². The Balaban J connectivity index is 2.69. The maximum absolute atomic E-state index is 12.1. The van der Waals surface area contributed by atoms with E-state index in [0.717, 1.165) is 17.1 Å². The molecule has 0 saturated carbocycles. The molecule has 0 aromatic carbocycles. The molecule has 0 fully saturated rings. The van der Waals surface area contributed by atoms with Gasteiger partial charge in [-0.2, -0.15) is 0 Å². The van der Waals surface area contributed by atoms with Crippen LogP contribution in [0.1, 0.15) is 44.8 Å². The Bertz CT molecular complexity index is 485. The van der Waals surface area contributed by atoms with Crippen LogP contribution in [0.5, 0.6) is 0 Å². The van der Waals surface area contributed by atoms with Crippen LogP contribution in [0.2, 0.25) is 0 Å². The van der Waals surface area contributed by atoms with Gasteiger partial charge in [-0.3, -0.25) is 9.59 Å². The number of aliphatic carboxylic acids is 1. The first-order valence-electron chi connectivity index (χ1n) is 6.73. The highest BCUT2D eigenvalue weighted by molar-refractivity contribution is 7.09. The molecule has 1 atom stereocenters. The Morgan fingerprint density at radius 3 is 2.60 bits per heavy atom. The quantitative estimate of drug-likeness (QED) is 0.809. The molecule has 6 heteroatoms. The van der Waals surface area contributed by atoms with Gasteiger partial charge in [-0.25, -0.2) is 4.98 Å². The first-order chi connectivity index (χ1) is 9.26. The van der Waals surface area contributed by atoms with Crippen molar-refractivity contribution in [3.63, 3.8) is 0 Å². The van der Waals surface area contributed by atoms with Crippen LogP contribution in [0, 0.1) is 5.92 Å². The average Bonchev–Trinajstić information content (AvgIpc) is 2.74. The van der Waals surface area contributed by atoms with Crippen LogP contribution in [0.25, 0.3) is 0 Å². The number of amides is 1. The first kappa shape index (κ1) is 16.6. The number of rotatable bonds is 7. The first-order valence-corrected chi connectivity index (χ1v) is 7.61. The molecule has 0 radical (unpaired) electrons. The molecule has 2 N–H and O–H groups in total. The van der Waals surface area contributed by atoms with E-state index in [9.17, 15) is 9.59 Å². The largest absolute Gasteiger partial charge is 0.481 e. The minimum Gasteiger partial charge on any atom is -0.481 e. The zero-order valence-corrected chi connectivity index (χ0v) is 13.2. The molecule has 1 rings (SSSR count). The normalized spacial score (nSPS) is 14.1. The number of hydrogen-bond donors (Lipinski definition) is 2. The van der Waals surface area contributed by atoms with Crippen LogP contribution in [-0.4, -0.2) is 27.5 Å². The summed E-state index contributed by atoms with van der Waals surface area (Å²) in [6.07, 6.45) is 0.959. The molecule has 0 spiro atoms. The number of carboxylic acid groups (broad SMARTS) is 1. The number of carbonyl (C=O) groups is 2. The molecule has 1 heterocycles. The minimum atomic E-state index is -0.913. The van der Waals surface area contributed by atoms with E-state index in [1.807, 2.05) is 26.2 Å². The number of nitrogens with zero attached hydrogens (tertiary/aromatic N) is 1. The van der Waals surface area contributed by atoms with Crippen LogP contribution in [-0.2, 0) is 22.4 Å². The van der Waals surface area contributed by atoms with Crippen LogP contribution in [0.4, 0.5) is 0 Å². The zero-order valence-electron chi connectivity index (χ0n) is 12.4. The van der Waals surface area contributed by atoms with Crippen molar-refractivity contribution in [2.45, 2.75) is 52.5 Å². The number of aromatic nitrogens is 1. The highest BCUT2D eigenvalue weighted by Gasteiger charge is 2.32. The van der Waals surface area contributed by atoms with Crippen molar-refractivity contribution < 1.29 is 14.7 Å². The lowest BCUT2D eigenvalue weighted by Gasteiger charge is -2.33. The van der Waals surface area contributed by atoms with Gasteiger partial charge in [-0.15, -0.1) is 11.3 Å². The van der Waals surface area contributed by atoms with Crippen molar-refractivity contribution in [3.8, 4) is 0 Å². The van der Waals surface area contributed by atoms with Crippen LogP contribution in [0.15, 0.2) is 5.38 Å². The summed E-state index contributed by atoms with van der Waals surface area (Å²) < 4.78 is 0. The molecule has 112 valence electrons. The van der Waals surface area contributed by atoms with Gasteiger partial charge in [0.1, 0.15) is 0 Å². The van der Waals surface area contributed by atoms with Gasteiger partial charge in [0.05, 0.1) is 23.5 Å². The van der Waals surface area contributed by atoms with E-state index < -0.39 is 11.5 Å². The van der Waals surface area contributed by atoms with Crippen molar-refractivity contribution >= 4 is 23.2 Å². The van der Waals surface area contributed by atoms with Gasteiger partial charge in [-0.1, -0.05) is 20.8 Å². The summed E-state index contributed by atoms with van der Waals surface area (Å²) >= 11 is 1.54. The molecule has 0 aliphatic heterocycles. The number of carboxylic acids is 1. The van der Waals surface area contributed by atoms with Crippen molar-refractivity contribution in [3.05, 3.63) is 16.1 Å². The number of aryl methyl sites for hydroxylation is 1. The molecule has 5 nitrogen and oxygen atoms in total. The maximum atomic E-state index is 12.1. The van der Waals surface area contributed by atoms with Gasteiger partial charge >= 0.3 is 5.97 Å². The van der Waals surface area contributed by atoms with Gasteiger partial charge in [-0.05, 0) is 19.3 Å². The summed E-state index contributed by atoms with van der Waals surface area (Å²) in [5.74, 6) is -1.07. The molecular weight excluding hydrogens is 276 g/mol. The second-order valence-corrected chi connectivity index (χ2v) is 6.40. The average molecular weight is 298 g/mol. The topological polar surface area (TPSA) is 79.3 Å². The van der Waals surface area contributed by atoms with Crippen molar-refractivity contribution in [1.82, 2.24) is 10.3 Å². The Kier molecular flexibility index (Phi) is 5.68. The third-order valence-corrected chi connectivity index (χ3v) is 4.50. The molecule has 1 aromatic heterocycles. The predicted molar refractivity (Wildman–Crippen MR) is 78.8 cm³/mol. The molecule has 20 heavy (non-hydrogen) atoms. The van der Waals surface area contributed by atoms with Gasteiger partial charge in [0.2, 0.25) is 5.91 Å². The lowest BCUT2D eigenvalue weighted by molar-refractivity contribution is -0.139.